The number of amides is 2. The van der Waals surface area contributed by atoms with Crippen LogP contribution in [-0.2, 0) is 19.1 Å². The first-order chi connectivity index (χ1) is 17.2. The summed E-state index contributed by atoms with van der Waals surface area (Å²) in [6, 6.07) is 0.714. The second-order valence-corrected chi connectivity index (χ2v) is 8.80. The number of aromatic nitrogens is 3. The normalized spacial score (nSPS) is 25.2. The molecule has 0 bridgehead atoms. The van der Waals surface area contributed by atoms with Crippen molar-refractivity contribution in [3.8, 4) is 11.3 Å². The number of ether oxygens (including phenoxy) is 2. The number of hydrogen-bond acceptors (Lipinski definition) is 8. The number of hydrogen-bond donors (Lipinski definition) is 3. The van der Waals surface area contributed by atoms with Crippen molar-refractivity contribution < 1.29 is 42.4 Å². The summed E-state index contributed by atoms with van der Waals surface area (Å²) in [6.07, 6.45) is 0.620. The number of aliphatic hydroxyl groups is 2. The summed E-state index contributed by atoms with van der Waals surface area (Å²) in [7, 11) is 0. The lowest BCUT2D eigenvalue weighted by Gasteiger charge is -2.44. The van der Waals surface area contributed by atoms with Crippen LogP contribution in [0.2, 0.25) is 0 Å². The Morgan fingerprint density at radius 3 is 2.47 bits per heavy atom. The van der Waals surface area contributed by atoms with Gasteiger partial charge in [-0.2, -0.15) is 0 Å². The van der Waals surface area contributed by atoms with E-state index < -0.39 is 60.4 Å². The molecule has 0 saturated carbocycles. The minimum atomic E-state index is -2.00. The van der Waals surface area contributed by atoms with Crippen molar-refractivity contribution in [1.29, 1.82) is 0 Å². The third kappa shape index (κ3) is 4.93. The van der Waals surface area contributed by atoms with Gasteiger partial charge in [0.2, 0.25) is 5.91 Å². The molecule has 4 rings (SSSR count). The van der Waals surface area contributed by atoms with Gasteiger partial charge < -0.3 is 30.3 Å². The second-order valence-electron chi connectivity index (χ2n) is 8.80. The molecule has 36 heavy (non-hydrogen) atoms. The Balaban J connectivity index is 1.60. The minimum Gasteiger partial charge on any atom is -0.393 e. The van der Waals surface area contributed by atoms with E-state index in [1.54, 1.807) is 0 Å². The summed E-state index contributed by atoms with van der Waals surface area (Å²) in [4.78, 5) is 26.6. The van der Waals surface area contributed by atoms with Crippen LogP contribution in [-0.4, -0.2) is 92.6 Å². The largest absolute Gasteiger partial charge is 0.393 e. The zero-order valence-electron chi connectivity index (χ0n) is 19.1. The van der Waals surface area contributed by atoms with Gasteiger partial charge in [0.05, 0.1) is 31.6 Å². The summed E-state index contributed by atoms with van der Waals surface area (Å²) in [5, 5.41) is 27.6. The van der Waals surface area contributed by atoms with E-state index >= 15 is 0 Å². The molecule has 2 amide bonds. The maximum Gasteiger partial charge on any atom is 0.254 e. The predicted octanol–water partition coefficient (Wildman–Crippen LogP) is -0.0913. The number of nitrogens with zero attached hydrogens (tertiary/aromatic N) is 4. The average Bonchev–Trinajstić information content (AvgIpc) is 3.35. The highest BCUT2D eigenvalue weighted by Gasteiger charge is 2.53. The van der Waals surface area contributed by atoms with Crippen LogP contribution in [0.5, 0.6) is 0 Å². The molecule has 2 saturated heterocycles. The van der Waals surface area contributed by atoms with Crippen LogP contribution in [0, 0.1) is 17.5 Å². The molecule has 4 N–H and O–H groups in total. The molecule has 0 aliphatic carbocycles. The van der Waals surface area contributed by atoms with Gasteiger partial charge in [-0.15, -0.1) is 5.10 Å². The fourth-order valence-corrected chi connectivity index (χ4v) is 4.49. The van der Waals surface area contributed by atoms with E-state index in [4.69, 9.17) is 15.2 Å². The zero-order valence-corrected chi connectivity index (χ0v) is 19.1. The molecule has 1 aromatic carbocycles. The second kappa shape index (κ2) is 10.5. The third-order valence-corrected chi connectivity index (χ3v) is 6.57. The quantitative estimate of drug-likeness (QED) is 0.434. The molecule has 196 valence electrons. The molecule has 3 unspecified atom stereocenters. The number of nitrogens with two attached hydrogens (primary N) is 1. The molecule has 3 heterocycles. The summed E-state index contributed by atoms with van der Waals surface area (Å²) in [5.41, 5.74) is 3.49. The predicted molar refractivity (Wildman–Crippen MR) is 116 cm³/mol. The highest BCUT2D eigenvalue weighted by molar-refractivity contribution is 5.85. The van der Waals surface area contributed by atoms with Gasteiger partial charge in [0.1, 0.15) is 18.4 Å². The highest BCUT2D eigenvalue weighted by Crippen LogP contribution is 2.36. The molecule has 3 atom stereocenters. The number of halogens is 3. The van der Waals surface area contributed by atoms with Crippen LogP contribution in [0.3, 0.4) is 0 Å². The van der Waals surface area contributed by atoms with Gasteiger partial charge in [-0.1, -0.05) is 5.21 Å². The standard InChI is InChI=1S/C22H26F3N5O6/c23-14-7-12(8-15(24)19(14)25)16-9-30(28-27-16)17-3-6-36-22(11-31,21(26)34)20(17)35-10-18(33)29-4-1-13(32)2-5-29/h7-9,13,17,20,31-32H,1-6,10-11H2,(H2,26,34). The van der Waals surface area contributed by atoms with E-state index in [2.05, 4.69) is 10.3 Å². The number of carbonyl (C=O) groups is 2. The highest BCUT2D eigenvalue weighted by atomic mass is 19.2. The van der Waals surface area contributed by atoms with Crippen molar-refractivity contribution in [1.82, 2.24) is 19.9 Å². The summed E-state index contributed by atoms with van der Waals surface area (Å²) in [6.45, 7) is -0.658. The maximum absolute atomic E-state index is 13.7. The van der Waals surface area contributed by atoms with Crippen molar-refractivity contribution in [3.63, 3.8) is 0 Å². The molecule has 1 aromatic heterocycles. The molecule has 11 nitrogen and oxygen atoms in total. The lowest BCUT2D eigenvalue weighted by molar-refractivity contribution is -0.211. The van der Waals surface area contributed by atoms with Gasteiger partial charge in [0.15, 0.2) is 23.1 Å². The number of rotatable bonds is 7. The Kier molecular flexibility index (Phi) is 7.59. The van der Waals surface area contributed by atoms with E-state index in [1.807, 2.05) is 0 Å². The van der Waals surface area contributed by atoms with Crippen LogP contribution in [0.4, 0.5) is 13.2 Å². The molecule has 0 spiro atoms. The van der Waals surface area contributed by atoms with Crippen LogP contribution in [0.25, 0.3) is 11.3 Å². The van der Waals surface area contributed by atoms with Gasteiger partial charge in [-0.3, -0.25) is 9.59 Å². The number of primary amides is 1. The third-order valence-electron chi connectivity index (χ3n) is 6.57. The van der Waals surface area contributed by atoms with Crippen LogP contribution in [0.1, 0.15) is 25.3 Å². The van der Waals surface area contributed by atoms with Gasteiger partial charge in [0.25, 0.3) is 5.91 Å². The van der Waals surface area contributed by atoms with Crippen molar-refractivity contribution in [2.45, 2.75) is 43.1 Å². The monoisotopic (exact) mass is 513 g/mol. The average molecular weight is 513 g/mol. The maximum atomic E-state index is 13.7. The van der Waals surface area contributed by atoms with Crippen LogP contribution >= 0.6 is 0 Å². The zero-order chi connectivity index (χ0) is 26.0. The molecule has 2 fully saturated rings. The van der Waals surface area contributed by atoms with E-state index in [1.165, 1.54) is 15.8 Å². The molecule has 2 aliphatic heterocycles. The molecular formula is C22H26F3N5O6. The number of likely N-dealkylation sites (tertiary alicyclic amines) is 1. The fourth-order valence-electron chi connectivity index (χ4n) is 4.49. The Bertz CT molecular complexity index is 1100. The van der Waals surface area contributed by atoms with Crippen LogP contribution in [0.15, 0.2) is 18.3 Å². The number of piperidine rings is 1. The Morgan fingerprint density at radius 1 is 1.19 bits per heavy atom. The minimum absolute atomic E-state index is 0.00895. The van der Waals surface area contributed by atoms with Crippen molar-refractivity contribution in [3.05, 3.63) is 35.8 Å². The summed E-state index contributed by atoms with van der Waals surface area (Å²) >= 11 is 0. The lowest BCUT2D eigenvalue weighted by atomic mass is 9.86. The number of aliphatic hydroxyl groups excluding tert-OH is 2. The first-order valence-corrected chi connectivity index (χ1v) is 11.3. The van der Waals surface area contributed by atoms with Crippen molar-refractivity contribution >= 4 is 11.8 Å². The molecule has 14 heteroatoms. The fraction of sp³-hybridized carbons (Fsp3) is 0.545. The van der Waals surface area contributed by atoms with Crippen molar-refractivity contribution in [2.24, 2.45) is 5.73 Å². The van der Waals surface area contributed by atoms with Crippen LogP contribution < -0.4 is 5.73 Å². The SMILES string of the molecule is NC(=O)C1(CO)OCCC(n2cc(-c3cc(F)c(F)c(F)c3)nn2)C1OCC(=O)N1CCC(O)CC1. The summed E-state index contributed by atoms with van der Waals surface area (Å²) < 4.78 is 53.4. The Hall–Kier alpha value is -3.07. The van der Waals surface area contributed by atoms with E-state index in [9.17, 15) is 33.0 Å². The first kappa shape index (κ1) is 26.0. The first-order valence-electron chi connectivity index (χ1n) is 11.3. The summed E-state index contributed by atoms with van der Waals surface area (Å²) in [5.74, 6) is -5.83. The molecule has 2 aromatic rings. The van der Waals surface area contributed by atoms with Gasteiger partial charge in [0, 0.05) is 18.7 Å². The molecule has 2 aliphatic rings. The smallest absolute Gasteiger partial charge is 0.254 e. The number of carbonyl (C=O) groups excluding carboxylic acids is 2. The Labute approximate surface area is 203 Å². The van der Waals surface area contributed by atoms with E-state index in [-0.39, 0.29) is 30.2 Å². The van der Waals surface area contributed by atoms with E-state index in [0.717, 1.165) is 12.1 Å². The molecular weight excluding hydrogens is 487 g/mol. The molecule has 0 radical (unpaired) electrons. The van der Waals surface area contributed by atoms with Gasteiger partial charge in [-0.05, 0) is 31.4 Å². The lowest BCUT2D eigenvalue weighted by Crippen LogP contribution is -2.64. The van der Waals surface area contributed by atoms with E-state index in [0.29, 0.717) is 25.9 Å². The number of benzene rings is 1. The van der Waals surface area contributed by atoms with Crippen molar-refractivity contribution in [2.75, 3.05) is 32.9 Å². The Morgan fingerprint density at radius 2 is 1.86 bits per heavy atom. The van der Waals surface area contributed by atoms with Gasteiger partial charge >= 0.3 is 0 Å². The topological polar surface area (TPSA) is 153 Å². The van der Waals surface area contributed by atoms with Gasteiger partial charge in [-0.25, -0.2) is 17.9 Å².